The van der Waals surface area contributed by atoms with E-state index in [1.807, 2.05) is 56.3 Å². The lowest BCUT2D eigenvalue weighted by Crippen LogP contribution is -2.53. The van der Waals surface area contributed by atoms with Gasteiger partial charge in [0.1, 0.15) is 5.69 Å². The van der Waals surface area contributed by atoms with Crippen LogP contribution in [0.3, 0.4) is 0 Å². The van der Waals surface area contributed by atoms with Crippen LogP contribution in [0, 0.1) is 17.8 Å². The molecule has 1 amide bonds. The number of halogens is 1. The van der Waals surface area contributed by atoms with Crippen molar-refractivity contribution < 1.29 is 19.4 Å². The quantitative estimate of drug-likeness (QED) is 0.175. The molecule has 1 unspecified atom stereocenters. The summed E-state index contributed by atoms with van der Waals surface area (Å²) in [5.41, 5.74) is 2.00. The van der Waals surface area contributed by atoms with E-state index < -0.39 is 11.6 Å². The summed E-state index contributed by atoms with van der Waals surface area (Å²) in [6.07, 6.45) is 6.68. The molecule has 4 aromatic rings. The van der Waals surface area contributed by atoms with Crippen LogP contribution in [0.4, 0.5) is 0 Å². The lowest BCUT2D eigenvalue weighted by molar-refractivity contribution is 0.0555. The molecule has 7 rings (SSSR count). The lowest BCUT2D eigenvalue weighted by Gasteiger charge is -2.42. The SMILES string of the molecule is COC(=O)c1c(Cc2ccc(C(=O)N[C@@H]3CC[C@@]4(NCC(C)(C)O)CC5C[C@H](C[C@@H]53)C4)cc2)c(=O)c2ccc(Cl)cc2n1-c1ccccc1. The van der Waals surface area contributed by atoms with Crippen molar-refractivity contribution in [3.05, 3.63) is 110 Å². The molecule has 5 atom stereocenters. The van der Waals surface area contributed by atoms with E-state index in [2.05, 4.69) is 10.6 Å². The fourth-order valence-corrected chi connectivity index (χ4v) is 9.10. The van der Waals surface area contributed by atoms with E-state index in [9.17, 15) is 19.5 Å². The Morgan fingerprint density at radius 3 is 2.51 bits per heavy atom. The van der Waals surface area contributed by atoms with E-state index in [1.165, 1.54) is 13.5 Å². The number of esters is 1. The second kappa shape index (κ2) is 13.0. The summed E-state index contributed by atoms with van der Waals surface area (Å²) in [5, 5.41) is 18.4. The number of β-amino-alcohol motifs (C(OH)–C–C–N with tert-alkyl or cyclic N) is 1. The number of ether oxygens (including phenoxy) is 1. The molecule has 0 saturated heterocycles. The van der Waals surface area contributed by atoms with E-state index in [1.54, 1.807) is 34.9 Å². The standard InChI is InChI=1S/C40H44ClN3O5/c1-39(2,48)23-42-40-16-15-33(31-19-25(21-40)17-27(31)22-40)43-37(46)26-11-9-24(10-12-26)18-32-35(38(47)49-3)44(29-7-5-4-6-8-29)34-20-28(41)13-14-30(34)36(32)45/h4-14,20,25,27,31,33,42,48H,15-19,21-23H2,1-3H3,(H,43,46)/t25-,27?,31+,33-,40+/m1/s1. The van der Waals surface area contributed by atoms with Crippen molar-refractivity contribution in [1.82, 2.24) is 15.2 Å². The average Bonchev–Trinajstić information content (AvgIpc) is 3.35. The van der Waals surface area contributed by atoms with Crippen molar-refractivity contribution in [2.24, 2.45) is 17.8 Å². The van der Waals surface area contributed by atoms with Crippen LogP contribution in [-0.2, 0) is 11.2 Å². The van der Waals surface area contributed by atoms with E-state index in [0.717, 1.165) is 37.7 Å². The number of amides is 1. The normalized spacial score (nSPS) is 24.5. The van der Waals surface area contributed by atoms with Gasteiger partial charge in [0.2, 0.25) is 0 Å². The number of hydrogen-bond donors (Lipinski definition) is 3. The number of carbonyl (C=O) groups excluding carboxylic acids is 2. The van der Waals surface area contributed by atoms with Crippen molar-refractivity contribution >= 4 is 34.4 Å². The zero-order chi connectivity index (χ0) is 34.5. The number of nitrogens with zero attached hydrogens (tertiary/aromatic N) is 1. The first kappa shape index (κ1) is 33.5. The molecule has 256 valence electrons. The van der Waals surface area contributed by atoms with Crippen LogP contribution in [0.5, 0.6) is 0 Å². The van der Waals surface area contributed by atoms with Gasteiger partial charge < -0.3 is 25.0 Å². The molecule has 0 aliphatic heterocycles. The first-order valence-corrected chi connectivity index (χ1v) is 17.7. The molecule has 1 aromatic heterocycles. The minimum atomic E-state index is -0.765. The Morgan fingerprint density at radius 1 is 1.04 bits per heavy atom. The number of methoxy groups -OCH3 is 1. The average molecular weight is 682 g/mol. The fourth-order valence-electron chi connectivity index (χ4n) is 8.93. The van der Waals surface area contributed by atoms with Gasteiger partial charge in [0.05, 0.1) is 18.2 Å². The van der Waals surface area contributed by atoms with Gasteiger partial charge in [-0.1, -0.05) is 41.9 Å². The topological polar surface area (TPSA) is 110 Å². The summed E-state index contributed by atoms with van der Waals surface area (Å²) in [6, 6.07) is 21.8. The van der Waals surface area contributed by atoms with Crippen LogP contribution in [0.1, 0.15) is 84.3 Å². The van der Waals surface area contributed by atoms with Crippen LogP contribution in [0.2, 0.25) is 5.02 Å². The van der Waals surface area contributed by atoms with Gasteiger partial charge in [0, 0.05) is 51.8 Å². The molecule has 0 radical (unpaired) electrons. The van der Waals surface area contributed by atoms with Crippen molar-refractivity contribution in [3.8, 4) is 5.69 Å². The molecule has 3 aromatic carbocycles. The molecular weight excluding hydrogens is 638 g/mol. The summed E-state index contributed by atoms with van der Waals surface area (Å²) >= 11 is 6.37. The highest BCUT2D eigenvalue weighted by Crippen LogP contribution is 2.55. The highest BCUT2D eigenvalue weighted by Gasteiger charge is 2.52. The fraction of sp³-hybridized carbons (Fsp3) is 0.425. The largest absolute Gasteiger partial charge is 0.464 e. The number of fused-ring (bicyclic) bond motifs is 3. The van der Waals surface area contributed by atoms with Gasteiger partial charge in [-0.25, -0.2) is 4.79 Å². The molecule has 9 heteroatoms. The van der Waals surface area contributed by atoms with Gasteiger partial charge in [-0.15, -0.1) is 0 Å². The van der Waals surface area contributed by atoms with E-state index >= 15 is 0 Å². The number of nitrogens with one attached hydrogen (secondary N) is 2. The molecule has 3 saturated carbocycles. The van der Waals surface area contributed by atoms with Crippen molar-refractivity contribution in [3.63, 3.8) is 0 Å². The zero-order valence-corrected chi connectivity index (χ0v) is 29.1. The third-order valence-electron chi connectivity index (χ3n) is 11.1. The van der Waals surface area contributed by atoms with Crippen LogP contribution in [0.15, 0.2) is 77.6 Å². The molecule has 0 spiro atoms. The maximum absolute atomic E-state index is 14.0. The molecule has 49 heavy (non-hydrogen) atoms. The van der Waals surface area contributed by atoms with Gasteiger partial charge in [-0.05, 0) is 118 Å². The molecular formula is C40H44ClN3O5. The number of hydrogen-bond acceptors (Lipinski definition) is 6. The van der Waals surface area contributed by atoms with Crippen LogP contribution >= 0.6 is 11.6 Å². The number of aliphatic hydroxyl groups is 1. The molecule has 8 nitrogen and oxygen atoms in total. The van der Waals surface area contributed by atoms with Crippen LogP contribution < -0.4 is 16.1 Å². The Morgan fingerprint density at radius 2 is 1.80 bits per heavy atom. The Kier molecular flexibility index (Phi) is 8.92. The number of para-hydroxylation sites is 1. The molecule has 1 heterocycles. The molecule has 3 aliphatic rings. The number of pyridine rings is 1. The van der Waals surface area contributed by atoms with Gasteiger partial charge in [-0.2, -0.15) is 0 Å². The minimum absolute atomic E-state index is 0.0284. The second-order valence-corrected chi connectivity index (χ2v) is 15.5. The Balaban J connectivity index is 1.14. The van der Waals surface area contributed by atoms with Crippen molar-refractivity contribution in [2.75, 3.05) is 13.7 Å². The third kappa shape index (κ3) is 6.66. The van der Waals surface area contributed by atoms with Crippen molar-refractivity contribution in [2.45, 2.75) is 76.0 Å². The van der Waals surface area contributed by atoms with E-state index in [4.69, 9.17) is 16.3 Å². The van der Waals surface area contributed by atoms with Gasteiger partial charge in [0.15, 0.2) is 5.43 Å². The molecule has 3 bridgehead atoms. The predicted molar refractivity (Wildman–Crippen MR) is 192 cm³/mol. The highest BCUT2D eigenvalue weighted by molar-refractivity contribution is 6.31. The number of benzene rings is 3. The Bertz CT molecular complexity index is 1950. The monoisotopic (exact) mass is 681 g/mol. The number of rotatable bonds is 9. The first-order valence-electron chi connectivity index (χ1n) is 17.3. The molecule has 3 fully saturated rings. The summed E-state index contributed by atoms with van der Waals surface area (Å²) < 4.78 is 6.96. The van der Waals surface area contributed by atoms with Crippen LogP contribution in [-0.4, -0.2) is 52.4 Å². The van der Waals surface area contributed by atoms with E-state index in [0.29, 0.717) is 57.0 Å². The smallest absolute Gasteiger partial charge is 0.355 e. The van der Waals surface area contributed by atoms with Crippen LogP contribution in [0.25, 0.3) is 16.6 Å². The summed E-state index contributed by atoms with van der Waals surface area (Å²) in [5.74, 6) is 0.973. The maximum Gasteiger partial charge on any atom is 0.355 e. The number of aromatic nitrogens is 1. The summed E-state index contributed by atoms with van der Waals surface area (Å²) in [7, 11) is 1.30. The lowest BCUT2D eigenvalue weighted by atomic mass is 9.73. The van der Waals surface area contributed by atoms with Gasteiger partial charge in [-0.3, -0.25) is 9.59 Å². The third-order valence-corrected chi connectivity index (χ3v) is 11.3. The summed E-state index contributed by atoms with van der Waals surface area (Å²) in [6.45, 7) is 4.26. The maximum atomic E-state index is 14.0. The molecule has 3 N–H and O–H groups in total. The second-order valence-electron chi connectivity index (χ2n) is 15.1. The minimum Gasteiger partial charge on any atom is -0.464 e. The zero-order valence-electron chi connectivity index (χ0n) is 28.3. The van der Waals surface area contributed by atoms with Gasteiger partial charge >= 0.3 is 5.97 Å². The first-order chi connectivity index (χ1) is 23.4. The Labute approximate surface area is 291 Å². The summed E-state index contributed by atoms with van der Waals surface area (Å²) in [4.78, 5) is 41.0. The highest BCUT2D eigenvalue weighted by atomic mass is 35.5. The molecule has 3 aliphatic carbocycles. The predicted octanol–water partition coefficient (Wildman–Crippen LogP) is 6.45. The van der Waals surface area contributed by atoms with Crippen molar-refractivity contribution in [1.29, 1.82) is 0 Å². The van der Waals surface area contributed by atoms with E-state index in [-0.39, 0.29) is 35.0 Å². The van der Waals surface area contributed by atoms with Gasteiger partial charge in [0.25, 0.3) is 5.91 Å². The Hall–Kier alpha value is -3.98. The number of carbonyl (C=O) groups is 2.